The molecule has 0 bridgehead atoms. The van der Waals surface area contributed by atoms with Gasteiger partial charge in [-0.25, -0.2) is 4.79 Å². The minimum Gasteiger partial charge on any atom is -0.444 e. The van der Waals surface area contributed by atoms with Crippen molar-refractivity contribution in [3.8, 4) is 0 Å². The number of aromatic nitrogens is 4. The SMILES string of the molecule is CC(C)(C)OC(=O)N1CCC2(CC1)c1c(n(CC(=O)Nc3ccc(C4CC4)cc3Cl)c3nc(C4=CCOCC4)nn3c1=O)C1=CC12. The molecule has 3 aliphatic carbocycles. The molecule has 1 spiro atoms. The Morgan fingerprint density at radius 3 is 2.65 bits per heavy atom. The molecule has 2 amide bonds. The van der Waals surface area contributed by atoms with Crippen LogP contribution in [0.5, 0.6) is 0 Å². The Balaban J connectivity index is 1.17. The Morgan fingerprint density at radius 1 is 1.20 bits per heavy atom. The zero-order valence-electron chi connectivity index (χ0n) is 26.3. The molecule has 1 aromatic carbocycles. The summed E-state index contributed by atoms with van der Waals surface area (Å²) >= 11 is 6.59. The van der Waals surface area contributed by atoms with Crippen molar-refractivity contribution in [3.63, 3.8) is 0 Å². The van der Waals surface area contributed by atoms with Crippen LogP contribution in [0.25, 0.3) is 16.9 Å². The van der Waals surface area contributed by atoms with Crippen molar-refractivity contribution < 1.29 is 19.1 Å². The molecular formula is C34H37ClN6O5. The fourth-order valence-corrected chi connectivity index (χ4v) is 7.64. The molecule has 2 aromatic heterocycles. The number of benzene rings is 1. The second-order valence-corrected chi connectivity index (χ2v) is 14.5. The summed E-state index contributed by atoms with van der Waals surface area (Å²) in [6.07, 6.45) is 7.94. The number of hydrogen-bond acceptors (Lipinski definition) is 7. The molecule has 1 saturated carbocycles. The van der Waals surface area contributed by atoms with Gasteiger partial charge in [-0.05, 0) is 87.6 Å². The van der Waals surface area contributed by atoms with E-state index in [1.54, 1.807) is 4.90 Å². The van der Waals surface area contributed by atoms with Gasteiger partial charge in [0.25, 0.3) is 5.56 Å². The van der Waals surface area contributed by atoms with Gasteiger partial charge in [-0.2, -0.15) is 9.50 Å². The second kappa shape index (κ2) is 10.5. The molecule has 11 nitrogen and oxygen atoms in total. The molecule has 4 heterocycles. The molecule has 1 unspecified atom stereocenters. The lowest BCUT2D eigenvalue weighted by Crippen LogP contribution is -2.49. The fourth-order valence-electron chi connectivity index (χ4n) is 7.40. The number of hydrogen-bond donors (Lipinski definition) is 1. The first-order valence-electron chi connectivity index (χ1n) is 16.1. The number of amides is 2. The van der Waals surface area contributed by atoms with Gasteiger partial charge in [0.2, 0.25) is 11.7 Å². The number of anilines is 1. The average molecular weight is 645 g/mol. The van der Waals surface area contributed by atoms with Crippen LogP contribution in [0.4, 0.5) is 10.5 Å². The molecule has 3 aromatic rings. The summed E-state index contributed by atoms with van der Waals surface area (Å²) < 4.78 is 14.3. The van der Waals surface area contributed by atoms with Crippen LogP contribution in [0.3, 0.4) is 0 Å². The van der Waals surface area contributed by atoms with Gasteiger partial charge >= 0.3 is 6.09 Å². The molecule has 8 rings (SSSR count). The van der Waals surface area contributed by atoms with Gasteiger partial charge in [0, 0.05) is 24.4 Å². The van der Waals surface area contributed by atoms with Crippen molar-refractivity contribution in [2.75, 3.05) is 31.6 Å². The van der Waals surface area contributed by atoms with Crippen LogP contribution in [-0.4, -0.2) is 68.0 Å². The fraction of sp³-hybridized carbons (Fsp3) is 0.500. The number of allylic oxidation sites excluding steroid dienone is 2. The lowest BCUT2D eigenvalue weighted by Gasteiger charge is -2.41. The van der Waals surface area contributed by atoms with Gasteiger partial charge in [0.1, 0.15) is 12.1 Å². The minimum absolute atomic E-state index is 0.0690. The highest BCUT2D eigenvalue weighted by atomic mass is 35.5. The highest BCUT2D eigenvalue weighted by molar-refractivity contribution is 6.33. The van der Waals surface area contributed by atoms with Crippen LogP contribution in [0, 0.1) is 5.92 Å². The molecular weight excluding hydrogens is 608 g/mol. The van der Waals surface area contributed by atoms with Gasteiger partial charge < -0.3 is 24.3 Å². The predicted molar refractivity (Wildman–Crippen MR) is 173 cm³/mol. The Bertz CT molecular complexity index is 1920. The first-order chi connectivity index (χ1) is 22.0. The zero-order chi connectivity index (χ0) is 32.0. The maximum absolute atomic E-state index is 14.4. The van der Waals surface area contributed by atoms with Crippen LogP contribution >= 0.6 is 11.6 Å². The Hall–Kier alpha value is -3.96. The van der Waals surface area contributed by atoms with Gasteiger partial charge in [-0.1, -0.05) is 29.8 Å². The third kappa shape index (κ3) is 4.95. The van der Waals surface area contributed by atoms with Gasteiger partial charge in [-0.3, -0.25) is 9.59 Å². The zero-order valence-corrected chi connectivity index (χ0v) is 27.0. The van der Waals surface area contributed by atoms with Crippen LogP contribution < -0.4 is 10.9 Å². The molecule has 2 aliphatic heterocycles. The molecule has 5 aliphatic rings. The molecule has 1 atom stereocenters. The number of nitrogens with one attached hydrogen (secondary N) is 1. The van der Waals surface area contributed by atoms with Gasteiger partial charge in [-0.15, -0.1) is 5.10 Å². The van der Waals surface area contributed by atoms with Gasteiger partial charge in [0.05, 0.1) is 35.2 Å². The first kappa shape index (κ1) is 29.4. The molecule has 240 valence electrons. The average Bonchev–Trinajstić information content (AvgIpc) is 3.95. The highest BCUT2D eigenvalue weighted by Crippen LogP contribution is 2.62. The molecule has 0 radical (unpaired) electrons. The summed E-state index contributed by atoms with van der Waals surface area (Å²) in [5, 5.41) is 8.20. The minimum atomic E-state index is -0.592. The van der Waals surface area contributed by atoms with Crippen LogP contribution in [0.2, 0.25) is 5.02 Å². The predicted octanol–water partition coefficient (Wildman–Crippen LogP) is 5.16. The van der Waals surface area contributed by atoms with Crippen LogP contribution in [-0.2, 0) is 26.2 Å². The van der Waals surface area contributed by atoms with E-state index in [-0.39, 0.29) is 30.0 Å². The lowest BCUT2D eigenvalue weighted by atomic mass is 9.71. The summed E-state index contributed by atoms with van der Waals surface area (Å²) in [7, 11) is 0. The van der Waals surface area contributed by atoms with E-state index in [0.29, 0.717) is 79.4 Å². The molecule has 46 heavy (non-hydrogen) atoms. The number of ether oxygens (including phenoxy) is 2. The normalized spacial score (nSPS) is 21.5. The second-order valence-electron chi connectivity index (χ2n) is 14.1. The van der Waals surface area contributed by atoms with Crippen molar-refractivity contribution in [3.05, 3.63) is 68.4 Å². The first-order valence-corrected chi connectivity index (χ1v) is 16.5. The smallest absolute Gasteiger partial charge is 0.410 e. The Labute approximate surface area is 271 Å². The van der Waals surface area contributed by atoms with Crippen molar-refractivity contribution >= 4 is 46.2 Å². The maximum Gasteiger partial charge on any atom is 0.410 e. The van der Waals surface area contributed by atoms with E-state index in [9.17, 15) is 14.4 Å². The van der Waals surface area contributed by atoms with Gasteiger partial charge in [0.15, 0.2) is 5.82 Å². The molecule has 1 saturated heterocycles. The third-order valence-electron chi connectivity index (χ3n) is 9.86. The van der Waals surface area contributed by atoms with E-state index < -0.39 is 11.0 Å². The topological polar surface area (TPSA) is 120 Å². The summed E-state index contributed by atoms with van der Waals surface area (Å²) in [6, 6.07) is 5.82. The van der Waals surface area contributed by atoms with Crippen LogP contribution in [0.1, 0.15) is 81.4 Å². The third-order valence-corrected chi connectivity index (χ3v) is 10.2. The molecule has 12 heteroatoms. The molecule has 1 N–H and O–H groups in total. The number of nitrogens with zero attached hydrogens (tertiary/aromatic N) is 5. The van der Waals surface area contributed by atoms with Crippen molar-refractivity contribution in [2.24, 2.45) is 5.92 Å². The van der Waals surface area contributed by atoms with E-state index in [4.69, 9.17) is 31.2 Å². The Morgan fingerprint density at radius 2 is 1.98 bits per heavy atom. The quantitative estimate of drug-likeness (QED) is 0.407. The van der Waals surface area contributed by atoms with E-state index in [2.05, 4.69) is 11.4 Å². The summed E-state index contributed by atoms with van der Waals surface area (Å²) in [4.78, 5) is 47.5. The van der Waals surface area contributed by atoms with E-state index in [0.717, 1.165) is 29.7 Å². The number of rotatable bonds is 5. The number of likely N-dealkylation sites (tertiary alicyclic amines) is 1. The number of carbonyl (C=O) groups is 2. The van der Waals surface area contributed by atoms with E-state index in [1.165, 1.54) is 10.1 Å². The van der Waals surface area contributed by atoms with Crippen molar-refractivity contribution in [1.29, 1.82) is 0 Å². The molecule has 2 fully saturated rings. The Kier molecular flexibility index (Phi) is 6.74. The standard InChI is InChI=1S/C34H37ClN6O5/c1-33(2,3)46-32(44)39-12-10-34(11-13-39)23-17-22(23)28-27(34)30(43)41-31(37-29(38-41)20-8-14-45-15-9-20)40(28)18-26(42)36-25-7-6-21(16-24(25)35)19-4-5-19/h6-8,16-17,19,23H,4-5,9-15,18H2,1-3H3,(H,36,42). The van der Waals surface area contributed by atoms with E-state index >= 15 is 0 Å². The number of fused-ring (bicyclic) bond motifs is 6. The van der Waals surface area contributed by atoms with Crippen molar-refractivity contribution in [1.82, 2.24) is 24.1 Å². The number of halogens is 1. The van der Waals surface area contributed by atoms with Crippen molar-refractivity contribution in [2.45, 2.75) is 76.4 Å². The number of carbonyl (C=O) groups excluding carboxylic acids is 2. The monoisotopic (exact) mass is 644 g/mol. The van der Waals surface area contributed by atoms with E-state index in [1.807, 2.05) is 49.6 Å². The summed E-state index contributed by atoms with van der Waals surface area (Å²) in [5.41, 5.74) is 3.81. The summed E-state index contributed by atoms with van der Waals surface area (Å²) in [6.45, 7) is 7.44. The highest BCUT2D eigenvalue weighted by Gasteiger charge is 2.59. The maximum atomic E-state index is 14.4. The van der Waals surface area contributed by atoms with Crippen LogP contribution in [0.15, 0.2) is 35.1 Å². The largest absolute Gasteiger partial charge is 0.444 e. The lowest BCUT2D eigenvalue weighted by molar-refractivity contribution is -0.116. The number of piperidine rings is 1. The summed E-state index contributed by atoms with van der Waals surface area (Å²) in [5.74, 6) is 1.13.